The summed E-state index contributed by atoms with van der Waals surface area (Å²) in [6.45, 7) is 0. The largest absolute Gasteiger partial charge is 0.255 e. The minimum Gasteiger partial charge on any atom is -0.255 e. The lowest BCUT2D eigenvalue weighted by molar-refractivity contribution is 1.25. The second-order valence-corrected chi connectivity index (χ2v) is 11.6. The molecular weight excluding hydrogens is 585 g/mol. The number of hydrogen-bond acceptors (Lipinski definition) is 4. The van der Waals surface area contributed by atoms with Crippen LogP contribution >= 0.6 is 0 Å². The number of aromatic nitrogens is 4. The lowest BCUT2D eigenvalue weighted by atomic mass is 9.96. The standard InChI is InChI=1S/C44H30N4/c1-3-11-35(12-4-1)41-27-37(29-43(47-41)39-15-7-9-25-45-39)33-21-17-31(18-22-33)32-19-23-34(24-20-32)38-28-42(36-13-5-2-6-14-36)48-44(30-38)40-16-8-10-26-46-40/h1-30H. The third-order valence-electron chi connectivity index (χ3n) is 8.41. The predicted octanol–water partition coefficient (Wildman–Crippen LogP) is 10.9. The summed E-state index contributed by atoms with van der Waals surface area (Å²) in [5.41, 5.74) is 14.2. The van der Waals surface area contributed by atoms with Gasteiger partial charge in [0.1, 0.15) is 0 Å². The molecule has 0 aliphatic carbocycles. The van der Waals surface area contributed by atoms with Gasteiger partial charge >= 0.3 is 0 Å². The van der Waals surface area contributed by atoms with Crippen LogP contribution in [0.2, 0.25) is 0 Å². The van der Waals surface area contributed by atoms with Gasteiger partial charge in [-0.2, -0.15) is 0 Å². The SMILES string of the molecule is c1ccc(-c2cc(-c3ccc(-c4ccc(-c5cc(-c6ccccc6)nc(-c6ccccn6)c5)cc4)cc3)cc(-c3ccccn3)n2)cc1. The fourth-order valence-corrected chi connectivity index (χ4v) is 5.91. The first-order valence-electron chi connectivity index (χ1n) is 16.0. The van der Waals surface area contributed by atoms with E-state index < -0.39 is 0 Å². The van der Waals surface area contributed by atoms with Gasteiger partial charge < -0.3 is 0 Å². The van der Waals surface area contributed by atoms with E-state index >= 15 is 0 Å². The van der Waals surface area contributed by atoms with Gasteiger partial charge in [0.25, 0.3) is 0 Å². The van der Waals surface area contributed by atoms with Crippen LogP contribution in [-0.2, 0) is 0 Å². The number of rotatable bonds is 7. The maximum Gasteiger partial charge on any atom is 0.0899 e. The van der Waals surface area contributed by atoms with Crippen molar-refractivity contribution in [3.8, 4) is 78.7 Å². The summed E-state index contributed by atoms with van der Waals surface area (Å²) in [6.07, 6.45) is 3.62. The van der Waals surface area contributed by atoms with Crippen LogP contribution in [0.3, 0.4) is 0 Å². The molecule has 4 nitrogen and oxygen atoms in total. The van der Waals surface area contributed by atoms with Gasteiger partial charge in [0.15, 0.2) is 0 Å². The van der Waals surface area contributed by atoms with Crippen molar-refractivity contribution in [2.45, 2.75) is 0 Å². The molecule has 4 heterocycles. The van der Waals surface area contributed by atoms with Gasteiger partial charge in [-0.25, -0.2) is 9.97 Å². The molecule has 4 aromatic heterocycles. The number of hydrogen-bond donors (Lipinski definition) is 0. The minimum atomic E-state index is 0.851. The van der Waals surface area contributed by atoms with E-state index in [1.165, 1.54) is 0 Å². The lowest BCUT2D eigenvalue weighted by Crippen LogP contribution is -1.93. The van der Waals surface area contributed by atoms with Gasteiger partial charge in [-0.3, -0.25) is 9.97 Å². The van der Waals surface area contributed by atoms with Gasteiger partial charge in [-0.15, -0.1) is 0 Å². The third-order valence-corrected chi connectivity index (χ3v) is 8.41. The fraction of sp³-hybridized carbons (Fsp3) is 0. The highest BCUT2D eigenvalue weighted by molar-refractivity contribution is 5.80. The second-order valence-electron chi connectivity index (χ2n) is 11.6. The third kappa shape index (κ3) is 6.15. The molecule has 0 saturated heterocycles. The van der Waals surface area contributed by atoms with E-state index in [0.29, 0.717) is 0 Å². The van der Waals surface area contributed by atoms with Gasteiger partial charge in [0, 0.05) is 23.5 Å². The van der Waals surface area contributed by atoms with Crippen molar-refractivity contribution in [1.82, 2.24) is 19.9 Å². The Morgan fingerprint density at radius 3 is 0.917 bits per heavy atom. The summed E-state index contributed by atoms with van der Waals surface area (Å²) in [4.78, 5) is 19.1. The summed E-state index contributed by atoms with van der Waals surface area (Å²) < 4.78 is 0. The van der Waals surface area contributed by atoms with E-state index in [1.54, 1.807) is 0 Å². The highest BCUT2D eigenvalue weighted by Crippen LogP contribution is 2.33. The molecule has 0 radical (unpaired) electrons. The molecule has 0 aliphatic heterocycles. The van der Waals surface area contributed by atoms with Crippen LogP contribution in [0.25, 0.3) is 78.7 Å². The number of nitrogens with zero attached hydrogens (tertiary/aromatic N) is 4. The van der Waals surface area contributed by atoms with E-state index in [9.17, 15) is 0 Å². The summed E-state index contributed by atoms with van der Waals surface area (Å²) in [7, 11) is 0. The van der Waals surface area contributed by atoms with E-state index in [-0.39, 0.29) is 0 Å². The first-order chi connectivity index (χ1) is 23.8. The molecule has 0 N–H and O–H groups in total. The molecule has 0 aliphatic rings. The normalized spacial score (nSPS) is 10.9. The molecule has 8 rings (SSSR count). The molecule has 226 valence electrons. The summed E-state index contributed by atoms with van der Waals surface area (Å²) >= 11 is 0. The maximum atomic E-state index is 4.97. The zero-order valence-corrected chi connectivity index (χ0v) is 26.1. The average Bonchev–Trinajstić information content (AvgIpc) is 3.19. The quantitative estimate of drug-likeness (QED) is 0.179. The summed E-state index contributed by atoms with van der Waals surface area (Å²) in [5.74, 6) is 0. The zero-order chi connectivity index (χ0) is 32.1. The fourth-order valence-electron chi connectivity index (χ4n) is 5.91. The molecule has 0 bridgehead atoms. The van der Waals surface area contributed by atoms with Gasteiger partial charge in [-0.05, 0) is 81.9 Å². The van der Waals surface area contributed by atoms with Crippen molar-refractivity contribution < 1.29 is 0 Å². The Labute approximate surface area is 280 Å². The van der Waals surface area contributed by atoms with Gasteiger partial charge in [0.05, 0.1) is 34.2 Å². The Bertz CT molecular complexity index is 2000. The van der Waals surface area contributed by atoms with E-state index in [2.05, 4.69) is 107 Å². The van der Waals surface area contributed by atoms with Crippen LogP contribution in [0, 0.1) is 0 Å². The molecule has 0 amide bonds. The Morgan fingerprint density at radius 1 is 0.229 bits per heavy atom. The zero-order valence-electron chi connectivity index (χ0n) is 26.1. The first-order valence-corrected chi connectivity index (χ1v) is 16.0. The maximum absolute atomic E-state index is 4.97. The molecule has 0 unspecified atom stereocenters. The molecule has 8 aromatic rings. The first kappa shape index (κ1) is 28.9. The Kier molecular flexibility index (Phi) is 7.87. The molecule has 48 heavy (non-hydrogen) atoms. The Balaban J connectivity index is 1.11. The Morgan fingerprint density at radius 2 is 0.562 bits per heavy atom. The van der Waals surface area contributed by atoms with Crippen LogP contribution in [0.5, 0.6) is 0 Å². The smallest absolute Gasteiger partial charge is 0.0899 e. The van der Waals surface area contributed by atoms with Crippen LogP contribution in [0.15, 0.2) is 182 Å². The average molecular weight is 615 g/mol. The van der Waals surface area contributed by atoms with Crippen molar-refractivity contribution in [3.63, 3.8) is 0 Å². The molecule has 0 fully saturated rings. The highest BCUT2D eigenvalue weighted by Gasteiger charge is 2.12. The predicted molar refractivity (Wildman–Crippen MR) is 196 cm³/mol. The summed E-state index contributed by atoms with van der Waals surface area (Å²) in [6, 6.07) is 58.5. The number of pyridine rings is 4. The molecule has 4 aromatic carbocycles. The van der Waals surface area contributed by atoms with Crippen molar-refractivity contribution in [3.05, 3.63) is 182 Å². The topological polar surface area (TPSA) is 51.6 Å². The van der Waals surface area contributed by atoms with Gasteiger partial charge in [0.2, 0.25) is 0 Å². The lowest BCUT2D eigenvalue weighted by Gasteiger charge is -2.11. The number of benzene rings is 4. The van der Waals surface area contributed by atoms with E-state index in [1.807, 2.05) is 85.2 Å². The van der Waals surface area contributed by atoms with E-state index in [4.69, 9.17) is 9.97 Å². The summed E-state index contributed by atoms with van der Waals surface area (Å²) in [5, 5.41) is 0. The van der Waals surface area contributed by atoms with E-state index in [0.717, 1.165) is 78.7 Å². The van der Waals surface area contributed by atoms with Crippen LogP contribution in [0.1, 0.15) is 0 Å². The van der Waals surface area contributed by atoms with Crippen LogP contribution in [0.4, 0.5) is 0 Å². The molecule has 4 heteroatoms. The van der Waals surface area contributed by atoms with Gasteiger partial charge in [-0.1, -0.05) is 121 Å². The monoisotopic (exact) mass is 614 g/mol. The van der Waals surface area contributed by atoms with Crippen molar-refractivity contribution >= 4 is 0 Å². The minimum absolute atomic E-state index is 0.851. The van der Waals surface area contributed by atoms with Crippen molar-refractivity contribution in [1.29, 1.82) is 0 Å². The highest BCUT2D eigenvalue weighted by atomic mass is 14.8. The van der Waals surface area contributed by atoms with Crippen LogP contribution in [-0.4, -0.2) is 19.9 Å². The Hall–Kier alpha value is -6.52. The molecule has 0 spiro atoms. The van der Waals surface area contributed by atoms with Crippen molar-refractivity contribution in [2.24, 2.45) is 0 Å². The molecule has 0 atom stereocenters. The second kappa shape index (κ2) is 13.1. The molecular formula is C44H30N4. The van der Waals surface area contributed by atoms with Crippen LogP contribution < -0.4 is 0 Å². The molecule has 0 saturated carbocycles. The van der Waals surface area contributed by atoms with Crippen molar-refractivity contribution in [2.75, 3.05) is 0 Å².